The van der Waals surface area contributed by atoms with E-state index in [-0.39, 0.29) is 0 Å². The zero-order chi connectivity index (χ0) is 22.7. The van der Waals surface area contributed by atoms with Gasteiger partial charge in [-0.15, -0.1) is 0 Å². The SMILES string of the molecule is C=C(Sc1ccccc1N)c1ccc(-c2cccc(-c3ccc(C(F)(F)F)cc3)c2)cc1. The van der Waals surface area contributed by atoms with Crippen LogP contribution in [0.2, 0.25) is 0 Å². The van der Waals surface area contributed by atoms with Crippen molar-refractivity contribution in [3.63, 3.8) is 0 Å². The van der Waals surface area contributed by atoms with Gasteiger partial charge >= 0.3 is 6.18 Å². The van der Waals surface area contributed by atoms with E-state index in [9.17, 15) is 13.2 Å². The van der Waals surface area contributed by atoms with Gasteiger partial charge in [-0.1, -0.05) is 85.1 Å². The van der Waals surface area contributed by atoms with Crippen LogP contribution in [0.15, 0.2) is 109 Å². The highest BCUT2D eigenvalue weighted by Crippen LogP contribution is 2.37. The average Bonchev–Trinajstić information content (AvgIpc) is 2.80. The molecule has 0 saturated heterocycles. The van der Waals surface area contributed by atoms with Gasteiger partial charge in [0.1, 0.15) is 0 Å². The summed E-state index contributed by atoms with van der Waals surface area (Å²) >= 11 is 1.53. The first-order chi connectivity index (χ1) is 15.3. The highest BCUT2D eigenvalue weighted by atomic mass is 32.2. The molecule has 0 aromatic heterocycles. The molecule has 0 spiro atoms. The summed E-state index contributed by atoms with van der Waals surface area (Å²) in [5.41, 5.74) is 10.7. The van der Waals surface area contributed by atoms with Crippen molar-refractivity contribution >= 4 is 22.4 Å². The molecule has 0 atom stereocenters. The Morgan fingerprint density at radius 1 is 0.688 bits per heavy atom. The van der Waals surface area contributed by atoms with Crippen molar-refractivity contribution in [1.82, 2.24) is 0 Å². The van der Waals surface area contributed by atoms with Crippen molar-refractivity contribution in [2.24, 2.45) is 0 Å². The normalized spacial score (nSPS) is 11.3. The lowest BCUT2D eigenvalue weighted by atomic mass is 9.98. The maximum absolute atomic E-state index is 12.8. The third-order valence-electron chi connectivity index (χ3n) is 5.10. The lowest BCUT2D eigenvalue weighted by Crippen LogP contribution is -2.03. The molecule has 0 radical (unpaired) electrons. The number of anilines is 1. The van der Waals surface area contributed by atoms with E-state index in [0.717, 1.165) is 55.4 Å². The predicted molar refractivity (Wildman–Crippen MR) is 128 cm³/mol. The molecule has 0 saturated carbocycles. The molecule has 2 N–H and O–H groups in total. The molecular formula is C27H20F3NS. The summed E-state index contributed by atoms with van der Waals surface area (Å²) in [7, 11) is 0. The van der Waals surface area contributed by atoms with E-state index in [2.05, 4.69) is 6.58 Å². The summed E-state index contributed by atoms with van der Waals surface area (Å²) in [6.45, 7) is 4.17. The third-order valence-corrected chi connectivity index (χ3v) is 6.17. The summed E-state index contributed by atoms with van der Waals surface area (Å²) < 4.78 is 38.5. The molecule has 1 nitrogen and oxygen atoms in total. The maximum Gasteiger partial charge on any atom is 0.416 e. The van der Waals surface area contributed by atoms with Gasteiger partial charge in [0.05, 0.1) is 5.56 Å². The van der Waals surface area contributed by atoms with Crippen LogP contribution >= 0.6 is 11.8 Å². The fraction of sp³-hybridized carbons (Fsp3) is 0.0370. The van der Waals surface area contributed by atoms with Crippen LogP contribution in [-0.4, -0.2) is 0 Å². The van der Waals surface area contributed by atoms with E-state index < -0.39 is 11.7 Å². The second kappa shape index (κ2) is 8.97. The van der Waals surface area contributed by atoms with E-state index >= 15 is 0 Å². The van der Waals surface area contributed by atoms with Gasteiger partial charge in [-0.3, -0.25) is 0 Å². The lowest BCUT2D eigenvalue weighted by molar-refractivity contribution is -0.137. The Morgan fingerprint density at radius 3 is 1.81 bits per heavy atom. The zero-order valence-electron chi connectivity index (χ0n) is 17.1. The maximum atomic E-state index is 12.8. The molecule has 0 heterocycles. The van der Waals surface area contributed by atoms with Crippen LogP contribution in [0.4, 0.5) is 18.9 Å². The van der Waals surface area contributed by atoms with Crippen LogP contribution in [0.25, 0.3) is 27.2 Å². The Bertz CT molecular complexity index is 1240. The number of hydrogen-bond acceptors (Lipinski definition) is 2. The number of alkyl halides is 3. The summed E-state index contributed by atoms with van der Waals surface area (Å²) in [5.74, 6) is 0. The molecule has 0 aliphatic rings. The molecule has 0 fully saturated rings. The largest absolute Gasteiger partial charge is 0.416 e. The Labute approximate surface area is 189 Å². The van der Waals surface area contributed by atoms with E-state index in [1.165, 1.54) is 23.9 Å². The average molecular weight is 448 g/mol. The van der Waals surface area contributed by atoms with Gasteiger partial charge < -0.3 is 5.73 Å². The molecule has 0 aliphatic carbocycles. The molecular weight excluding hydrogens is 427 g/mol. The second-order valence-corrected chi connectivity index (χ2v) is 8.43. The minimum absolute atomic E-state index is 0.650. The molecule has 0 bridgehead atoms. The number of halogens is 3. The monoisotopic (exact) mass is 447 g/mol. The van der Waals surface area contributed by atoms with Gasteiger partial charge in [0.15, 0.2) is 0 Å². The fourth-order valence-corrected chi connectivity index (χ4v) is 4.20. The Balaban J connectivity index is 1.53. The molecule has 0 unspecified atom stereocenters. The smallest absolute Gasteiger partial charge is 0.398 e. The van der Waals surface area contributed by atoms with Gasteiger partial charge in [-0.05, 0) is 58.1 Å². The third kappa shape index (κ3) is 4.89. The van der Waals surface area contributed by atoms with E-state index in [0.29, 0.717) is 0 Å². The van der Waals surface area contributed by atoms with Gasteiger partial charge in [0.2, 0.25) is 0 Å². The molecule has 4 aromatic rings. The number of rotatable bonds is 5. The van der Waals surface area contributed by atoms with Crippen LogP contribution < -0.4 is 5.73 Å². The number of benzene rings is 4. The Hall–Kier alpha value is -3.44. The highest BCUT2D eigenvalue weighted by molar-refractivity contribution is 8.08. The molecule has 32 heavy (non-hydrogen) atoms. The van der Waals surface area contributed by atoms with Crippen molar-refractivity contribution in [3.8, 4) is 22.3 Å². The van der Waals surface area contributed by atoms with Crippen molar-refractivity contribution in [2.45, 2.75) is 11.1 Å². The second-order valence-electron chi connectivity index (χ2n) is 7.30. The van der Waals surface area contributed by atoms with Crippen LogP contribution in [0, 0.1) is 0 Å². The number of hydrogen-bond donors (Lipinski definition) is 1. The predicted octanol–water partition coefficient (Wildman–Crippen LogP) is 8.38. The fourth-order valence-electron chi connectivity index (χ4n) is 3.34. The molecule has 0 amide bonds. The van der Waals surface area contributed by atoms with Gasteiger partial charge in [-0.2, -0.15) is 13.2 Å². The van der Waals surface area contributed by atoms with Crippen molar-refractivity contribution in [2.75, 3.05) is 5.73 Å². The summed E-state index contributed by atoms with van der Waals surface area (Å²) in [4.78, 5) is 1.86. The summed E-state index contributed by atoms with van der Waals surface area (Å²) in [6.07, 6.45) is -4.34. The number of para-hydroxylation sites is 1. The molecule has 0 aliphatic heterocycles. The van der Waals surface area contributed by atoms with Crippen LogP contribution in [-0.2, 0) is 6.18 Å². The van der Waals surface area contributed by atoms with Gasteiger partial charge in [0.25, 0.3) is 0 Å². The standard InChI is InChI=1S/C27H20F3NS/c1-18(32-26-8-3-2-7-25(26)31)19-9-11-20(12-10-19)22-5-4-6-23(17-22)21-13-15-24(16-14-21)27(28,29)30/h2-17H,1,31H2. The minimum Gasteiger partial charge on any atom is -0.398 e. The zero-order valence-corrected chi connectivity index (χ0v) is 17.9. The van der Waals surface area contributed by atoms with Crippen molar-refractivity contribution in [1.29, 1.82) is 0 Å². The van der Waals surface area contributed by atoms with Crippen molar-refractivity contribution in [3.05, 3.63) is 115 Å². The Kier molecular flexibility index (Phi) is 6.10. The molecule has 5 heteroatoms. The number of thioether (sulfide) groups is 1. The molecule has 160 valence electrons. The number of nitrogen functional groups attached to an aromatic ring is 1. The van der Waals surface area contributed by atoms with E-state index in [4.69, 9.17) is 5.73 Å². The van der Waals surface area contributed by atoms with Gasteiger partial charge in [0, 0.05) is 15.5 Å². The first kappa shape index (κ1) is 21.8. The Morgan fingerprint density at radius 2 is 1.25 bits per heavy atom. The highest BCUT2D eigenvalue weighted by Gasteiger charge is 2.29. The van der Waals surface area contributed by atoms with Crippen molar-refractivity contribution < 1.29 is 13.2 Å². The first-order valence-electron chi connectivity index (χ1n) is 9.91. The first-order valence-corrected chi connectivity index (χ1v) is 10.7. The quantitative estimate of drug-likeness (QED) is 0.246. The summed E-state index contributed by atoms with van der Waals surface area (Å²) in [6, 6.07) is 28.7. The van der Waals surface area contributed by atoms with Gasteiger partial charge in [-0.25, -0.2) is 0 Å². The lowest BCUT2D eigenvalue weighted by Gasteiger charge is -2.11. The molecule has 4 aromatic carbocycles. The van der Waals surface area contributed by atoms with Crippen LogP contribution in [0.3, 0.4) is 0 Å². The minimum atomic E-state index is -4.34. The van der Waals surface area contributed by atoms with Crippen LogP contribution in [0.5, 0.6) is 0 Å². The van der Waals surface area contributed by atoms with E-state index in [1.54, 1.807) is 0 Å². The molecule has 4 rings (SSSR count). The topological polar surface area (TPSA) is 26.0 Å². The van der Waals surface area contributed by atoms with E-state index in [1.807, 2.05) is 72.8 Å². The number of nitrogens with two attached hydrogens (primary N) is 1. The summed E-state index contributed by atoms with van der Waals surface area (Å²) in [5, 5.41) is 0. The van der Waals surface area contributed by atoms with Crippen LogP contribution in [0.1, 0.15) is 11.1 Å².